The first kappa shape index (κ1) is 27.9. The molecule has 27 heavy (non-hydrogen) atoms. The van der Waals surface area contributed by atoms with Gasteiger partial charge in [0, 0.05) is 11.8 Å². The maximum atomic E-state index is 12.2. The van der Waals surface area contributed by atoms with E-state index in [2.05, 4.69) is 10.3 Å². The quantitative estimate of drug-likeness (QED) is 0.375. The zero-order valence-corrected chi connectivity index (χ0v) is 17.1. The lowest BCUT2D eigenvalue weighted by Gasteiger charge is -2.17. The number of nitrogens with zero attached hydrogens (tertiary/aromatic N) is 1. The molecule has 0 fully saturated rings. The molecule has 0 aliphatic heterocycles. The topological polar surface area (TPSA) is 108 Å². The van der Waals surface area contributed by atoms with E-state index in [1.165, 1.54) is 6.20 Å². The number of carbonyl (C=O) groups excluding carboxylic acids is 1. The number of hydrogen-bond acceptors (Lipinski definition) is 5. The van der Waals surface area contributed by atoms with Gasteiger partial charge in [-0.05, 0) is 31.5 Å². The molecule has 5 N–H and O–H groups in total. The minimum atomic E-state index is -1.61. The second-order valence-electron chi connectivity index (χ2n) is 5.58. The van der Waals surface area contributed by atoms with E-state index in [0.717, 1.165) is 17.7 Å². The second-order valence-corrected chi connectivity index (χ2v) is 5.58. The second kappa shape index (κ2) is 14.7. The highest BCUT2D eigenvalue weighted by Crippen LogP contribution is 2.16. The minimum absolute atomic E-state index is 0. The van der Waals surface area contributed by atoms with E-state index in [0.29, 0.717) is 24.9 Å². The van der Waals surface area contributed by atoms with Crippen molar-refractivity contribution in [1.29, 1.82) is 0 Å². The van der Waals surface area contributed by atoms with E-state index in [1.807, 2.05) is 30.3 Å². The van der Waals surface area contributed by atoms with Gasteiger partial charge in [0.1, 0.15) is 0 Å². The highest BCUT2D eigenvalue weighted by Gasteiger charge is 2.25. The van der Waals surface area contributed by atoms with Gasteiger partial charge in [-0.1, -0.05) is 36.8 Å². The molecule has 1 amide bonds. The number of benzene rings is 1. The van der Waals surface area contributed by atoms with E-state index in [4.69, 9.17) is 5.73 Å². The van der Waals surface area contributed by atoms with Gasteiger partial charge in [-0.25, -0.2) is 0 Å². The van der Waals surface area contributed by atoms with Crippen LogP contribution in [0.5, 0.6) is 0 Å². The average Bonchev–Trinajstić information content (AvgIpc) is 2.61. The molecule has 6 nitrogen and oxygen atoms in total. The summed E-state index contributed by atoms with van der Waals surface area (Å²) in [5, 5.41) is 21.4. The van der Waals surface area contributed by atoms with Crippen molar-refractivity contribution in [3.05, 3.63) is 54.2 Å². The molecular formula is C17H25BCl3N3O3. The smallest absolute Gasteiger partial charge is 0.426 e. The Morgan fingerprint density at radius 3 is 2.26 bits per heavy atom. The number of nitrogens with two attached hydrogens (primary N) is 1. The number of aromatic nitrogens is 1. The predicted molar refractivity (Wildman–Crippen MR) is 116 cm³/mol. The van der Waals surface area contributed by atoms with Crippen LogP contribution < -0.4 is 11.1 Å². The number of amides is 1. The molecule has 1 heterocycles. The lowest BCUT2D eigenvalue weighted by Crippen LogP contribution is -2.46. The van der Waals surface area contributed by atoms with Gasteiger partial charge >= 0.3 is 7.12 Å². The van der Waals surface area contributed by atoms with Crippen molar-refractivity contribution < 1.29 is 14.8 Å². The van der Waals surface area contributed by atoms with Gasteiger partial charge < -0.3 is 21.1 Å². The lowest BCUT2D eigenvalue weighted by atomic mass is 9.76. The van der Waals surface area contributed by atoms with E-state index < -0.39 is 13.1 Å². The Bertz CT molecular complexity index is 649. The molecule has 10 heteroatoms. The van der Waals surface area contributed by atoms with Crippen molar-refractivity contribution in [1.82, 2.24) is 10.3 Å². The van der Waals surface area contributed by atoms with E-state index >= 15 is 0 Å². The molecule has 2 rings (SSSR count). The molecule has 0 aliphatic carbocycles. The number of nitrogens with one attached hydrogen (secondary N) is 1. The van der Waals surface area contributed by atoms with Crippen molar-refractivity contribution in [3.63, 3.8) is 0 Å². The first-order chi connectivity index (χ1) is 11.6. The summed E-state index contributed by atoms with van der Waals surface area (Å²) in [5.74, 6) is -1.11. The highest BCUT2D eigenvalue weighted by molar-refractivity contribution is 6.43. The Balaban J connectivity index is 0. The molecule has 0 saturated carbocycles. The summed E-state index contributed by atoms with van der Waals surface area (Å²) in [6.07, 6.45) is 3.42. The maximum absolute atomic E-state index is 12.2. The Morgan fingerprint density at radius 1 is 1.07 bits per heavy atom. The molecule has 0 spiro atoms. The zero-order valence-electron chi connectivity index (χ0n) is 14.7. The van der Waals surface area contributed by atoms with Crippen molar-refractivity contribution in [2.24, 2.45) is 5.73 Å². The Morgan fingerprint density at radius 2 is 1.74 bits per heavy atom. The highest BCUT2D eigenvalue weighted by atomic mass is 35.5. The molecule has 0 bridgehead atoms. The lowest BCUT2D eigenvalue weighted by molar-refractivity contribution is 0.0939. The molecular weight excluding hydrogens is 411 g/mol. The van der Waals surface area contributed by atoms with Crippen molar-refractivity contribution in [2.45, 2.75) is 25.2 Å². The summed E-state index contributed by atoms with van der Waals surface area (Å²) < 4.78 is 0. The number of rotatable bonds is 8. The van der Waals surface area contributed by atoms with Gasteiger partial charge in [0.25, 0.3) is 5.91 Å². The molecule has 0 aliphatic rings. The van der Waals surface area contributed by atoms with E-state index in [-0.39, 0.29) is 43.1 Å². The normalized spacial score (nSPS) is 10.5. The fourth-order valence-corrected chi connectivity index (χ4v) is 2.36. The van der Waals surface area contributed by atoms with Gasteiger partial charge in [0.15, 0.2) is 0 Å². The third-order valence-electron chi connectivity index (χ3n) is 3.74. The third-order valence-corrected chi connectivity index (χ3v) is 3.74. The number of hydrogen-bond donors (Lipinski definition) is 4. The van der Waals surface area contributed by atoms with Gasteiger partial charge in [0.2, 0.25) is 0 Å². The van der Waals surface area contributed by atoms with Crippen LogP contribution in [0.3, 0.4) is 0 Å². The summed E-state index contributed by atoms with van der Waals surface area (Å²) in [6, 6.07) is 13.1. The van der Waals surface area contributed by atoms with Gasteiger partial charge in [-0.15, -0.1) is 37.2 Å². The Labute approximate surface area is 178 Å². The van der Waals surface area contributed by atoms with E-state index in [9.17, 15) is 14.8 Å². The predicted octanol–water partition coefficient (Wildman–Crippen LogP) is 2.25. The van der Waals surface area contributed by atoms with Crippen LogP contribution in [0.4, 0.5) is 0 Å². The van der Waals surface area contributed by atoms with Crippen LogP contribution in [0.2, 0.25) is 0 Å². The van der Waals surface area contributed by atoms with Crippen LogP contribution in [0.15, 0.2) is 48.7 Å². The Kier molecular flexibility index (Phi) is 15.2. The first-order valence-corrected chi connectivity index (χ1v) is 8.00. The van der Waals surface area contributed by atoms with Crippen LogP contribution in [0, 0.1) is 0 Å². The standard InChI is InChI=1S/C17H22BN3O3.3ClH/c19-11-5-4-8-16(18(23)24)21-17(22)14-9-10-15(20-12-14)13-6-2-1-3-7-13;;;/h1-3,6-7,9-10,12,16,23-24H,4-5,8,11,19H2,(H,21,22);3*1H/t16-;;;/m0.../s1. The average molecular weight is 437 g/mol. The van der Waals surface area contributed by atoms with Crippen molar-refractivity contribution in [3.8, 4) is 11.3 Å². The number of pyridine rings is 1. The molecule has 1 aromatic carbocycles. The van der Waals surface area contributed by atoms with Crippen molar-refractivity contribution >= 4 is 50.2 Å². The number of halogens is 3. The molecule has 1 atom stereocenters. The van der Waals surface area contributed by atoms with Crippen LogP contribution in [0.1, 0.15) is 29.6 Å². The molecule has 0 unspecified atom stereocenters. The van der Waals surface area contributed by atoms with Gasteiger partial charge in [-0.2, -0.15) is 0 Å². The van der Waals surface area contributed by atoms with Gasteiger partial charge in [0.05, 0.1) is 17.2 Å². The first-order valence-electron chi connectivity index (χ1n) is 8.00. The minimum Gasteiger partial charge on any atom is -0.426 e. The molecule has 0 saturated heterocycles. The van der Waals surface area contributed by atoms with Crippen molar-refractivity contribution in [2.75, 3.05) is 6.54 Å². The number of carbonyl (C=O) groups is 1. The van der Waals surface area contributed by atoms with Crippen LogP contribution in [-0.2, 0) is 0 Å². The summed E-state index contributed by atoms with van der Waals surface area (Å²) in [5.41, 5.74) is 7.54. The molecule has 1 aromatic heterocycles. The summed E-state index contributed by atoms with van der Waals surface area (Å²) in [4.78, 5) is 16.5. The van der Waals surface area contributed by atoms with Gasteiger partial charge in [-0.3, -0.25) is 9.78 Å². The summed E-state index contributed by atoms with van der Waals surface area (Å²) in [7, 11) is -1.61. The third kappa shape index (κ3) is 8.92. The molecule has 2 aromatic rings. The Hall–Kier alpha value is -1.35. The number of unbranched alkanes of at least 4 members (excludes halogenated alkanes) is 1. The van der Waals surface area contributed by atoms with E-state index in [1.54, 1.807) is 12.1 Å². The monoisotopic (exact) mass is 435 g/mol. The van der Waals surface area contributed by atoms with Crippen LogP contribution in [0.25, 0.3) is 11.3 Å². The summed E-state index contributed by atoms with van der Waals surface area (Å²) >= 11 is 0. The van der Waals surface area contributed by atoms with Crippen LogP contribution in [-0.4, -0.2) is 40.5 Å². The molecule has 150 valence electrons. The fraction of sp³-hybridized carbons (Fsp3) is 0.294. The fourth-order valence-electron chi connectivity index (χ4n) is 2.36. The SMILES string of the molecule is Cl.Cl.Cl.NCCCC[C@H](NC(=O)c1ccc(-c2ccccc2)nc1)B(O)O. The maximum Gasteiger partial charge on any atom is 0.475 e. The zero-order chi connectivity index (χ0) is 17.4. The largest absolute Gasteiger partial charge is 0.475 e. The molecule has 0 radical (unpaired) electrons. The summed E-state index contributed by atoms with van der Waals surface area (Å²) in [6.45, 7) is 0.535. The van der Waals surface area contributed by atoms with Crippen LogP contribution >= 0.6 is 37.2 Å².